The predicted octanol–water partition coefficient (Wildman–Crippen LogP) is 3.41. The van der Waals surface area contributed by atoms with Crippen LogP contribution >= 0.6 is 23.2 Å². The van der Waals surface area contributed by atoms with E-state index < -0.39 is 0 Å². The fourth-order valence-electron chi connectivity index (χ4n) is 5.58. The molecule has 5 nitrogen and oxygen atoms in total. The van der Waals surface area contributed by atoms with E-state index in [1.807, 2.05) is 17.0 Å². The van der Waals surface area contributed by atoms with Crippen LogP contribution in [0.25, 0.3) is 0 Å². The summed E-state index contributed by atoms with van der Waals surface area (Å²) >= 11 is 12.3. The monoisotopic (exact) mass is 404 g/mol. The van der Waals surface area contributed by atoms with Crippen LogP contribution in [0.5, 0.6) is 0 Å². The van der Waals surface area contributed by atoms with Crippen molar-refractivity contribution in [3.63, 3.8) is 0 Å². The minimum atomic E-state index is -0.210. The molecule has 1 saturated carbocycles. The highest BCUT2D eigenvalue weighted by Crippen LogP contribution is 2.58. The number of rotatable bonds is 3. The lowest BCUT2D eigenvalue weighted by molar-refractivity contribution is -0.128. The molecule has 27 heavy (non-hydrogen) atoms. The van der Waals surface area contributed by atoms with Gasteiger partial charge >= 0.3 is 0 Å². The second-order valence-electron chi connectivity index (χ2n) is 8.50. The smallest absolute Gasteiger partial charge is 0.226 e. The molecule has 7 heteroatoms. The van der Waals surface area contributed by atoms with Gasteiger partial charge in [0.1, 0.15) is 0 Å². The van der Waals surface area contributed by atoms with E-state index in [1.54, 1.807) is 6.07 Å². The van der Waals surface area contributed by atoms with Gasteiger partial charge in [0.25, 0.3) is 0 Å². The van der Waals surface area contributed by atoms with Gasteiger partial charge in [-0.15, -0.1) is 0 Å². The quantitative estimate of drug-likeness (QED) is 0.784. The number of piperidine rings is 1. The van der Waals surface area contributed by atoms with Gasteiger partial charge in [-0.05, 0) is 56.2 Å². The number of amides is 1. The van der Waals surface area contributed by atoms with E-state index in [4.69, 9.17) is 23.2 Å². The van der Waals surface area contributed by atoms with Gasteiger partial charge in [0.15, 0.2) is 6.19 Å². The average molecular weight is 405 g/mol. The summed E-state index contributed by atoms with van der Waals surface area (Å²) < 4.78 is 0. The first-order valence-corrected chi connectivity index (χ1v) is 10.5. The van der Waals surface area contributed by atoms with Crippen molar-refractivity contribution >= 4 is 34.8 Å². The van der Waals surface area contributed by atoms with Crippen LogP contribution in [0.2, 0.25) is 10.0 Å². The van der Waals surface area contributed by atoms with Crippen molar-refractivity contribution < 1.29 is 4.79 Å². The molecule has 4 fully saturated rings. The number of hydrogen-bond donors (Lipinski definition) is 1. The molecule has 2 bridgehead atoms. The van der Waals surface area contributed by atoms with Crippen LogP contribution in [0.3, 0.4) is 0 Å². The Morgan fingerprint density at radius 1 is 1.26 bits per heavy atom. The minimum absolute atomic E-state index is 0.135. The van der Waals surface area contributed by atoms with E-state index in [0.29, 0.717) is 22.0 Å². The molecule has 142 valence electrons. The van der Waals surface area contributed by atoms with Crippen molar-refractivity contribution in [2.24, 2.45) is 11.3 Å². The number of anilines is 1. The molecule has 5 rings (SSSR count). The first kappa shape index (κ1) is 17.5. The first-order chi connectivity index (χ1) is 13.0. The van der Waals surface area contributed by atoms with Gasteiger partial charge in [0, 0.05) is 34.9 Å². The summed E-state index contributed by atoms with van der Waals surface area (Å²) in [7, 11) is 0. The Morgan fingerprint density at radius 3 is 2.70 bits per heavy atom. The SMILES string of the molecule is N#CN1[C@H]2CC[C@@H]1[C@H](NC(=O)C13CCN(c4cc(Cl)cc(Cl)c4)C[C@H]1C3)C2. The van der Waals surface area contributed by atoms with E-state index in [0.717, 1.165) is 50.9 Å². The van der Waals surface area contributed by atoms with Gasteiger partial charge < -0.3 is 15.1 Å². The Bertz CT molecular complexity index is 820. The van der Waals surface area contributed by atoms with Crippen LogP contribution in [0.15, 0.2) is 18.2 Å². The molecule has 3 heterocycles. The third-order valence-electron chi connectivity index (χ3n) is 7.13. The van der Waals surface area contributed by atoms with Crippen molar-refractivity contribution in [1.82, 2.24) is 10.2 Å². The zero-order valence-corrected chi connectivity index (χ0v) is 16.5. The lowest BCUT2D eigenvalue weighted by atomic mass is 9.91. The molecule has 1 amide bonds. The maximum absolute atomic E-state index is 13.1. The van der Waals surface area contributed by atoms with Crippen LogP contribution in [0.1, 0.15) is 32.1 Å². The number of nitriles is 1. The predicted molar refractivity (Wildman–Crippen MR) is 105 cm³/mol. The molecule has 0 spiro atoms. The maximum Gasteiger partial charge on any atom is 0.226 e. The van der Waals surface area contributed by atoms with Gasteiger partial charge in [-0.1, -0.05) is 23.2 Å². The number of carbonyl (C=O) groups is 1. The van der Waals surface area contributed by atoms with E-state index in [2.05, 4.69) is 16.4 Å². The summed E-state index contributed by atoms with van der Waals surface area (Å²) in [6, 6.07) is 6.28. The van der Waals surface area contributed by atoms with Gasteiger partial charge in [0.05, 0.1) is 17.5 Å². The third-order valence-corrected chi connectivity index (χ3v) is 7.57. The van der Waals surface area contributed by atoms with E-state index in [-0.39, 0.29) is 23.4 Å². The van der Waals surface area contributed by atoms with Crippen LogP contribution in [-0.4, -0.2) is 42.0 Å². The minimum Gasteiger partial charge on any atom is -0.371 e. The van der Waals surface area contributed by atoms with Gasteiger partial charge in [-0.25, -0.2) is 0 Å². The molecule has 5 atom stereocenters. The number of hydrogen-bond acceptors (Lipinski definition) is 4. The number of nitrogens with zero attached hydrogens (tertiary/aromatic N) is 3. The van der Waals surface area contributed by atoms with E-state index in [9.17, 15) is 10.1 Å². The molecule has 1 aromatic carbocycles. The molecule has 1 aliphatic carbocycles. The highest BCUT2D eigenvalue weighted by molar-refractivity contribution is 6.35. The van der Waals surface area contributed by atoms with Gasteiger partial charge in [-0.2, -0.15) is 5.26 Å². The fraction of sp³-hybridized carbons (Fsp3) is 0.600. The standard InChI is InChI=1S/C20H22Cl2N4O/c21-13-5-14(22)7-16(6-13)25-4-3-20(9-12(20)10-25)19(27)24-17-8-15-1-2-18(17)26(15)11-23/h5-7,12,15,17-18H,1-4,8-10H2,(H,24,27)/t12-,15+,17-,18-,20?/m1/s1. The molecular formula is C20H22Cl2N4O. The molecule has 3 saturated heterocycles. The highest BCUT2D eigenvalue weighted by Gasteiger charge is 2.62. The number of nitrogens with one attached hydrogen (secondary N) is 1. The van der Waals surface area contributed by atoms with Crippen molar-refractivity contribution in [2.75, 3.05) is 18.0 Å². The van der Waals surface area contributed by atoms with Crippen molar-refractivity contribution in [1.29, 1.82) is 5.26 Å². The van der Waals surface area contributed by atoms with Crippen LogP contribution < -0.4 is 10.2 Å². The Labute approximate surface area is 169 Å². The summed E-state index contributed by atoms with van der Waals surface area (Å²) in [6.07, 6.45) is 7.13. The molecule has 4 aliphatic rings. The maximum atomic E-state index is 13.1. The van der Waals surface area contributed by atoms with E-state index >= 15 is 0 Å². The lowest BCUT2D eigenvalue weighted by Gasteiger charge is -2.34. The number of fused-ring (bicyclic) bond motifs is 3. The Balaban J connectivity index is 1.24. The molecule has 1 unspecified atom stereocenters. The molecule has 3 aliphatic heterocycles. The van der Waals surface area contributed by atoms with Crippen LogP contribution in [0, 0.1) is 22.8 Å². The lowest BCUT2D eigenvalue weighted by Crippen LogP contribution is -2.49. The zero-order valence-electron chi connectivity index (χ0n) is 15.0. The number of halogens is 2. The van der Waals surface area contributed by atoms with Crippen LogP contribution in [-0.2, 0) is 4.79 Å². The number of benzene rings is 1. The normalized spacial score (nSPS) is 36.3. The molecule has 0 radical (unpaired) electrons. The summed E-state index contributed by atoms with van der Waals surface area (Å²) in [5.41, 5.74) is 0.823. The van der Waals surface area contributed by atoms with Crippen molar-refractivity contribution in [2.45, 2.75) is 50.2 Å². The Hall–Kier alpha value is -1.64. The van der Waals surface area contributed by atoms with Gasteiger partial charge in [-0.3, -0.25) is 4.79 Å². The van der Waals surface area contributed by atoms with Crippen molar-refractivity contribution in [3.8, 4) is 6.19 Å². The molecule has 1 N–H and O–H groups in total. The zero-order chi connectivity index (χ0) is 18.8. The van der Waals surface area contributed by atoms with Crippen LogP contribution in [0.4, 0.5) is 5.69 Å². The third kappa shape index (κ3) is 2.77. The second-order valence-corrected chi connectivity index (χ2v) is 9.38. The molecule has 1 aromatic rings. The second kappa shape index (κ2) is 6.18. The fourth-order valence-corrected chi connectivity index (χ4v) is 6.09. The summed E-state index contributed by atoms with van der Waals surface area (Å²) in [6.45, 7) is 1.70. The summed E-state index contributed by atoms with van der Waals surface area (Å²) in [5, 5.41) is 13.9. The first-order valence-electron chi connectivity index (χ1n) is 9.70. The Kier molecular flexibility index (Phi) is 4.00. The molecular weight excluding hydrogens is 383 g/mol. The van der Waals surface area contributed by atoms with Crippen molar-refractivity contribution in [3.05, 3.63) is 28.2 Å². The summed E-state index contributed by atoms with van der Waals surface area (Å²) in [5.74, 6) is 0.585. The largest absolute Gasteiger partial charge is 0.371 e. The summed E-state index contributed by atoms with van der Waals surface area (Å²) in [4.78, 5) is 17.3. The number of carbonyl (C=O) groups excluding carboxylic acids is 1. The van der Waals surface area contributed by atoms with E-state index in [1.165, 1.54) is 0 Å². The topological polar surface area (TPSA) is 59.4 Å². The van der Waals surface area contributed by atoms with Gasteiger partial charge in [0.2, 0.25) is 5.91 Å². The average Bonchev–Trinajstić information content (AvgIpc) is 3.14. The molecule has 0 aromatic heterocycles. The Morgan fingerprint density at radius 2 is 2.04 bits per heavy atom. The highest BCUT2D eigenvalue weighted by atomic mass is 35.5.